The largest absolute Gasteiger partial charge is 0.455 e. The smallest absolute Gasteiger partial charge is 0.144 e. The standard InChI is InChI=1S/C54H33NO2/c1-2-13-34(14-3-1)35-25-27-38(28-26-35)55(49-32-37-16-4-6-17-40(37)42-19-8-9-20-43(42)49)39-29-30-51-47(33-39)48-31-36-15-5-7-18-41(36)52(54(48)57-51)46-23-12-22-45-44-21-10-11-24-50(44)56-53(45)46/h1-33H. The molecular weight excluding hydrogens is 695 g/mol. The normalized spacial score (nSPS) is 11.9. The van der Waals surface area contributed by atoms with Gasteiger partial charge in [0.05, 0.1) is 5.69 Å². The summed E-state index contributed by atoms with van der Waals surface area (Å²) in [5.74, 6) is 0. The van der Waals surface area contributed by atoms with Crippen molar-refractivity contribution < 1.29 is 8.83 Å². The molecule has 57 heavy (non-hydrogen) atoms. The molecule has 0 N–H and O–H groups in total. The quantitative estimate of drug-likeness (QED) is 0.165. The number of furan rings is 2. The van der Waals surface area contributed by atoms with E-state index >= 15 is 0 Å². The van der Waals surface area contributed by atoms with Gasteiger partial charge in [-0.1, -0.05) is 152 Å². The molecule has 0 fully saturated rings. The van der Waals surface area contributed by atoms with Crippen molar-refractivity contribution in [1.29, 1.82) is 0 Å². The first-order chi connectivity index (χ1) is 28.3. The van der Waals surface area contributed by atoms with Gasteiger partial charge in [-0.2, -0.15) is 0 Å². The van der Waals surface area contributed by atoms with E-state index in [4.69, 9.17) is 8.83 Å². The fourth-order valence-corrected chi connectivity index (χ4v) is 8.99. The number of fused-ring (bicyclic) bond motifs is 10. The summed E-state index contributed by atoms with van der Waals surface area (Å²) >= 11 is 0. The monoisotopic (exact) mass is 727 g/mol. The summed E-state index contributed by atoms with van der Waals surface area (Å²) in [6.45, 7) is 0. The van der Waals surface area contributed by atoms with Gasteiger partial charge in [0.15, 0.2) is 0 Å². The number of hydrogen-bond acceptors (Lipinski definition) is 3. The lowest BCUT2D eigenvalue weighted by Gasteiger charge is -2.28. The number of nitrogens with zero attached hydrogens (tertiary/aromatic N) is 1. The van der Waals surface area contributed by atoms with Crippen LogP contribution in [0.5, 0.6) is 0 Å². The predicted molar refractivity (Wildman–Crippen MR) is 239 cm³/mol. The summed E-state index contributed by atoms with van der Waals surface area (Å²) in [5.41, 5.74) is 11.1. The fraction of sp³-hybridized carbons (Fsp3) is 0. The second kappa shape index (κ2) is 12.5. The van der Waals surface area contributed by atoms with Gasteiger partial charge in [-0.05, 0) is 86.6 Å². The van der Waals surface area contributed by atoms with Crippen LogP contribution in [0.2, 0.25) is 0 Å². The maximum Gasteiger partial charge on any atom is 0.144 e. The van der Waals surface area contributed by atoms with Gasteiger partial charge in [0.25, 0.3) is 0 Å². The first-order valence-corrected chi connectivity index (χ1v) is 19.4. The zero-order valence-electron chi connectivity index (χ0n) is 30.8. The van der Waals surface area contributed by atoms with Crippen molar-refractivity contribution in [2.24, 2.45) is 0 Å². The molecule has 2 heterocycles. The Hall–Kier alpha value is -7.62. The van der Waals surface area contributed by atoms with E-state index in [-0.39, 0.29) is 0 Å². The first kappa shape index (κ1) is 31.7. The van der Waals surface area contributed by atoms with Crippen LogP contribution in [0.4, 0.5) is 17.1 Å². The molecule has 10 aromatic carbocycles. The molecule has 0 bridgehead atoms. The third-order valence-corrected chi connectivity index (χ3v) is 11.6. The molecule has 0 saturated heterocycles. The highest BCUT2D eigenvalue weighted by atomic mass is 16.3. The van der Waals surface area contributed by atoms with Crippen LogP contribution >= 0.6 is 0 Å². The van der Waals surface area contributed by atoms with Crippen molar-refractivity contribution in [2.45, 2.75) is 0 Å². The number of rotatable bonds is 5. The van der Waals surface area contributed by atoms with Crippen molar-refractivity contribution in [3.8, 4) is 22.3 Å². The number of para-hydroxylation sites is 2. The molecule has 3 nitrogen and oxygen atoms in total. The minimum absolute atomic E-state index is 0.838. The van der Waals surface area contributed by atoms with Gasteiger partial charge in [0.1, 0.15) is 22.3 Å². The van der Waals surface area contributed by atoms with E-state index in [1.54, 1.807) is 0 Å². The summed E-state index contributed by atoms with van der Waals surface area (Å²) in [5, 5.41) is 11.5. The number of hydrogen-bond donors (Lipinski definition) is 0. The Labute approximate surface area is 328 Å². The summed E-state index contributed by atoms with van der Waals surface area (Å²) in [7, 11) is 0. The van der Waals surface area contributed by atoms with Crippen LogP contribution in [0.15, 0.2) is 209 Å². The van der Waals surface area contributed by atoms with Gasteiger partial charge >= 0.3 is 0 Å². The molecule has 0 atom stereocenters. The maximum absolute atomic E-state index is 6.95. The molecule has 12 rings (SSSR count). The van der Waals surface area contributed by atoms with Crippen LogP contribution in [-0.2, 0) is 0 Å². The van der Waals surface area contributed by atoms with E-state index in [1.165, 1.54) is 32.7 Å². The first-order valence-electron chi connectivity index (χ1n) is 19.4. The Bertz CT molecular complexity index is 3520. The highest BCUT2D eigenvalue weighted by molar-refractivity contribution is 6.22. The minimum atomic E-state index is 0.838. The number of anilines is 3. The summed E-state index contributed by atoms with van der Waals surface area (Å²) in [6, 6.07) is 71.5. The summed E-state index contributed by atoms with van der Waals surface area (Å²) in [6.07, 6.45) is 0. The van der Waals surface area contributed by atoms with Crippen LogP contribution in [0.1, 0.15) is 0 Å². The van der Waals surface area contributed by atoms with Crippen molar-refractivity contribution in [2.75, 3.05) is 4.90 Å². The lowest BCUT2D eigenvalue weighted by Crippen LogP contribution is -2.10. The molecule has 0 radical (unpaired) electrons. The van der Waals surface area contributed by atoms with E-state index in [0.29, 0.717) is 0 Å². The van der Waals surface area contributed by atoms with E-state index < -0.39 is 0 Å². The third kappa shape index (κ3) is 4.92. The lowest BCUT2D eigenvalue weighted by atomic mass is 9.94. The Morgan fingerprint density at radius 2 is 0.912 bits per heavy atom. The second-order valence-corrected chi connectivity index (χ2v) is 14.8. The molecule has 0 amide bonds. The summed E-state index contributed by atoms with van der Waals surface area (Å²) in [4.78, 5) is 2.40. The van der Waals surface area contributed by atoms with E-state index in [9.17, 15) is 0 Å². The van der Waals surface area contributed by atoms with Gasteiger partial charge in [-0.25, -0.2) is 0 Å². The van der Waals surface area contributed by atoms with Crippen LogP contribution in [0, 0.1) is 0 Å². The van der Waals surface area contributed by atoms with Gasteiger partial charge in [0, 0.05) is 49.4 Å². The molecule has 266 valence electrons. The van der Waals surface area contributed by atoms with Crippen molar-refractivity contribution in [3.63, 3.8) is 0 Å². The molecule has 12 aromatic rings. The van der Waals surface area contributed by atoms with E-state index in [0.717, 1.165) is 82.8 Å². The van der Waals surface area contributed by atoms with Gasteiger partial charge in [0.2, 0.25) is 0 Å². The predicted octanol–water partition coefficient (Wildman–Crippen LogP) is 15.7. The van der Waals surface area contributed by atoms with E-state index in [1.807, 2.05) is 12.1 Å². The highest BCUT2D eigenvalue weighted by Gasteiger charge is 2.23. The van der Waals surface area contributed by atoms with Gasteiger partial charge in [-0.3, -0.25) is 0 Å². The van der Waals surface area contributed by atoms with Crippen molar-refractivity contribution in [3.05, 3.63) is 200 Å². The molecule has 0 aliphatic carbocycles. The topological polar surface area (TPSA) is 29.5 Å². The van der Waals surface area contributed by atoms with Crippen LogP contribution in [0.25, 0.3) is 98.4 Å². The third-order valence-electron chi connectivity index (χ3n) is 11.6. The molecule has 0 aliphatic rings. The van der Waals surface area contributed by atoms with Crippen LogP contribution < -0.4 is 4.90 Å². The average Bonchev–Trinajstić information content (AvgIpc) is 3.84. The molecular formula is C54H33NO2. The van der Waals surface area contributed by atoms with Gasteiger partial charge < -0.3 is 13.7 Å². The average molecular weight is 728 g/mol. The second-order valence-electron chi connectivity index (χ2n) is 14.8. The zero-order chi connectivity index (χ0) is 37.5. The van der Waals surface area contributed by atoms with Crippen LogP contribution in [-0.4, -0.2) is 0 Å². The fourth-order valence-electron chi connectivity index (χ4n) is 8.99. The Morgan fingerprint density at radius 3 is 1.74 bits per heavy atom. The van der Waals surface area contributed by atoms with Crippen molar-refractivity contribution in [1.82, 2.24) is 0 Å². The van der Waals surface area contributed by atoms with Gasteiger partial charge in [-0.15, -0.1) is 0 Å². The molecule has 2 aromatic heterocycles. The maximum atomic E-state index is 6.95. The Balaban J connectivity index is 1.12. The minimum Gasteiger partial charge on any atom is -0.455 e. The highest BCUT2D eigenvalue weighted by Crippen LogP contribution is 2.47. The molecule has 0 spiro atoms. The molecule has 0 unspecified atom stereocenters. The van der Waals surface area contributed by atoms with E-state index in [2.05, 4.69) is 193 Å². The molecule has 0 saturated carbocycles. The molecule has 0 aliphatic heterocycles. The molecule has 3 heteroatoms. The Morgan fingerprint density at radius 1 is 0.316 bits per heavy atom. The van der Waals surface area contributed by atoms with Crippen LogP contribution in [0.3, 0.4) is 0 Å². The summed E-state index contributed by atoms with van der Waals surface area (Å²) < 4.78 is 13.6. The SMILES string of the molecule is c1ccc(-c2ccc(N(c3ccc4oc5c(-c6cccc7c6oc6ccccc67)c6ccccc6cc5c4c3)c3cc4ccccc4c4ccccc34)cc2)cc1. The zero-order valence-corrected chi connectivity index (χ0v) is 30.8. The lowest BCUT2D eigenvalue weighted by molar-refractivity contribution is 0.665. The Kier molecular flexibility index (Phi) is 6.93. The van der Waals surface area contributed by atoms with Crippen molar-refractivity contribution >= 4 is 93.3 Å². The number of benzene rings is 10.